The molecule has 45 heavy (non-hydrogen) atoms. The van der Waals surface area contributed by atoms with Gasteiger partial charge in [0.2, 0.25) is 0 Å². The molecule has 0 aromatic heterocycles. The van der Waals surface area contributed by atoms with Crippen molar-refractivity contribution in [3.63, 3.8) is 0 Å². The summed E-state index contributed by atoms with van der Waals surface area (Å²) in [4.78, 5) is 0. The summed E-state index contributed by atoms with van der Waals surface area (Å²) < 4.78 is 51.8. The van der Waals surface area contributed by atoms with Crippen molar-refractivity contribution in [2.75, 3.05) is 13.1 Å². The van der Waals surface area contributed by atoms with E-state index in [1.54, 1.807) is 0 Å². The number of allylic oxidation sites excluding steroid dienone is 2. The SMILES string of the molecule is CC=CC(C)(C)CNCc1ccc(F)[c-]c1F.CC=CC(C)(C)CNCc1ccc(F)[c-]c1F.[Ti+4].c1cc[cH-]c1.c1cc[cH-]c1. The quantitative estimate of drug-likeness (QED) is 0.0770. The van der Waals surface area contributed by atoms with Crippen LogP contribution in [0.2, 0.25) is 0 Å². The Balaban J connectivity index is 0.000000644. The van der Waals surface area contributed by atoms with E-state index in [1.165, 1.54) is 24.3 Å². The van der Waals surface area contributed by atoms with Crippen LogP contribution in [0.3, 0.4) is 0 Å². The molecule has 7 heteroatoms. The Morgan fingerprint density at radius 2 is 0.956 bits per heavy atom. The Morgan fingerprint density at radius 1 is 0.622 bits per heavy atom. The van der Waals surface area contributed by atoms with Crippen LogP contribution in [0, 0.1) is 46.2 Å². The summed E-state index contributed by atoms with van der Waals surface area (Å²) >= 11 is 0. The van der Waals surface area contributed by atoms with E-state index in [9.17, 15) is 17.6 Å². The van der Waals surface area contributed by atoms with E-state index in [4.69, 9.17) is 0 Å². The van der Waals surface area contributed by atoms with Crippen LogP contribution in [-0.2, 0) is 34.8 Å². The maximum Gasteiger partial charge on any atom is 4.00 e. The summed E-state index contributed by atoms with van der Waals surface area (Å²) in [5.74, 6) is -2.58. The predicted octanol–water partition coefficient (Wildman–Crippen LogP) is 9.72. The van der Waals surface area contributed by atoms with Gasteiger partial charge >= 0.3 is 21.7 Å². The normalized spacial score (nSPS) is 11.1. The van der Waals surface area contributed by atoms with E-state index >= 15 is 0 Å². The van der Waals surface area contributed by atoms with Gasteiger partial charge in [-0.25, -0.2) is 41.8 Å². The van der Waals surface area contributed by atoms with Crippen molar-refractivity contribution in [1.82, 2.24) is 10.6 Å². The second kappa shape index (κ2) is 23.3. The molecule has 2 nitrogen and oxygen atoms in total. The van der Waals surface area contributed by atoms with Gasteiger partial charge in [-0.3, -0.25) is 0 Å². The van der Waals surface area contributed by atoms with Gasteiger partial charge in [-0.2, -0.15) is 48.5 Å². The molecule has 2 N–H and O–H groups in total. The van der Waals surface area contributed by atoms with Crippen LogP contribution in [-0.4, -0.2) is 13.1 Å². The molecule has 0 fully saturated rings. The molecule has 0 radical (unpaired) electrons. The van der Waals surface area contributed by atoms with Crippen LogP contribution in [0.5, 0.6) is 0 Å². The molecular formula is C38H46F4N2Ti. The summed E-state index contributed by atoms with van der Waals surface area (Å²) in [6.07, 6.45) is 8.17. The smallest absolute Gasteiger partial charge is 0.323 e. The molecule has 0 bridgehead atoms. The van der Waals surface area contributed by atoms with Crippen molar-refractivity contribution in [3.05, 3.63) is 156 Å². The average Bonchev–Trinajstić information content (AvgIpc) is 3.71. The van der Waals surface area contributed by atoms with Gasteiger partial charge in [0.05, 0.1) is 0 Å². The first-order chi connectivity index (χ1) is 20.9. The van der Waals surface area contributed by atoms with Crippen LogP contribution in [0.1, 0.15) is 52.7 Å². The molecule has 0 unspecified atom stereocenters. The van der Waals surface area contributed by atoms with Crippen LogP contribution >= 0.6 is 0 Å². The maximum absolute atomic E-state index is 13.3. The van der Waals surface area contributed by atoms with Crippen LogP contribution in [0.4, 0.5) is 17.6 Å². The van der Waals surface area contributed by atoms with E-state index in [1.807, 2.05) is 98.8 Å². The maximum atomic E-state index is 13.3. The average molecular weight is 655 g/mol. The first kappa shape index (κ1) is 42.0. The van der Waals surface area contributed by atoms with Gasteiger partial charge in [0.15, 0.2) is 0 Å². The fourth-order valence-electron chi connectivity index (χ4n) is 3.92. The Bertz CT molecular complexity index is 1190. The van der Waals surface area contributed by atoms with Crippen molar-refractivity contribution in [2.24, 2.45) is 10.8 Å². The predicted molar refractivity (Wildman–Crippen MR) is 175 cm³/mol. The Kier molecular flexibility index (Phi) is 21.8. The number of hydrogen-bond donors (Lipinski definition) is 2. The van der Waals surface area contributed by atoms with Gasteiger partial charge in [0.25, 0.3) is 0 Å². The molecule has 0 heterocycles. The summed E-state index contributed by atoms with van der Waals surface area (Å²) in [6, 6.07) is 29.4. The molecule has 0 spiro atoms. The van der Waals surface area contributed by atoms with Gasteiger partial charge in [0, 0.05) is 36.4 Å². The number of hydrogen-bond acceptors (Lipinski definition) is 2. The molecule has 0 aliphatic rings. The molecule has 0 saturated heterocycles. The summed E-state index contributed by atoms with van der Waals surface area (Å²) in [5.41, 5.74) is 0.912. The molecule has 0 aliphatic carbocycles. The molecule has 0 saturated carbocycles. The van der Waals surface area contributed by atoms with Crippen molar-refractivity contribution < 1.29 is 39.3 Å². The first-order valence-electron chi connectivity index (χ1n) is 14.6. The third-order valence-corrected chi connectivity index (χ3v) is 6.02. The van der Waals surface area contributed by atoms with Crippen molar-refractivity contribution >= 4 is 0 Å². The van der Waals surface area contributed by atoms with E-state index in [-0.39, 0.29) is 32.5 Å². The summed E-state index contributed by atoms with van der Waals surface area (Å²) in [5, 5.41) is 6.31. The zero-order valence-electron chi connectivity index (χ0n) is 27.2. The molecular weight excluding hydrogens is 608 g/mol. The second-order valence-corrected chi connectivity index (χ2v) is 11.4. The van der Waals surface area contributed by atoms with E-state index in [2.05, 4.69) is 50.5 Å². The second-order valence-electron chi connectivity index (χ2n) is 11.4. The van der Waals surface area contributed by atoms with E-state index < -0.39 is 23.3 Å². The van der Waals surface area contributed by atoms with Gasteiger partial charge < -0.3 is 10.6 Å². The summed E-state index contributed by atoms with van der Waals surface area (Å²) in [7, 11) is 0. The molecule has 0 aliphatic heterocycles. The third-order valence-electron chi connectivity index (χ3n) is 6.02. The number of nitrogens with one attached hydrogen (secondary N) is 2. The largest absolute Gasteiger partial charge is 4.00 e. The topological polar surface area (TPSA) is 24.1 Å². The van der Waals surface area contributed by atoms with Crippen LogP contribution < -0.4 is 10.6 Å². The molecule has 4 aromatic rings. The van der Waals surface area contributed by atoms with Gasteiger partial charge in [-0.05, 0) is 37.8 Å². The van der Waals surface area contributed by atoms with Crippen molar-refractivity contribution in [1.29, 1.82) is 0 Å². The number of benzene rings is 2. The monoisotopic (exact) mass is 654 g/mol. The zero-order chi connectivity index (χ0) is 32.8. The Hall–Kier alpha value is -3.03. The Labute approximate surface area is 283 Å². The zero-order valence-corrected chi connectivity index (χ0v) is 28.8. The van der Waals surface area contributed by atoms with Gasteiger partial charge in [-0.15, -0.1) is 35.4 Å². The molecule has 0 amide bonds. The molecule has 4 rings (SSSR count). The summed E-state index contributed by atoms with van der Waals surface area (Å²) in [6.45, 7) is 14.5. The first-order valence-corrected chi connectivity index (χ1v) is 14.6. The molecule has 4 aromatic carbocycles. The molecule has 240 valence electrons. The standard InChI is InChI=1S/2C14H18F2N.2C5H5.Ti/c2*1-4-7-14(2,3)10-17-9-11-5-6-12(15)8-13(11)16;2*1-2-4-5-3-1;/h2*4-7,17H,9-10H2,1-3H3;2*1-5H;/q4*-1;+4. The van der Waals surface area contributed by atoms with Gasteiger partial charge in [-0.1, -0.05) is 52.0 Å². The minimum Gasteiger partial charge on any atom is -0.323 e. The van der Waals surface area contributed by atoms with E-state index in [0.29, 0.717) is 24.2 Å². The number of rotatable bonds is 10. The van der Waals surface area contributed by atoms with E-state index in [0.717, 1.165) is 13.1 Å². The third kappa shape index (κ3) is 20.6. The van der Waals surface area contributed by atoms with Crippen LogP contribution in [0.15, 0.2) is 109 Å². The minimum absolute atomic E-state index is 0. The fourth-order valence-corrected chi connectivity index (χ4v) is 3.92. The Morgan fingerprint density at radius 3 is 1.20 bits per heavy atom. The minimum atomic E-state index is -0.666. The molecule has 0 atom stereocenters. The van der Waals surface area contributed by atoms with Crippen LogP contribution in [0.25, 0.3) is 0 Å². The van der Waals surface area contributed by atoms with Gasteiger partial charge in [0.1, 0.15) is 0 Å². The number of halogens is 4. The fraction of sp³-hybridized carbons (Fsp3) is 0.316. The van der Waals surface area contributed by atoms with Crippen molar-refractivity contribution in [3.8, 4) is 0 Å². The van der Waals surface area contributed by atoms with Crippen molar-refractivity contribution in [2.45, 2.75) is 54.6 Å².